The van der Waals surface area contributed by atoms with E-state index >= 15 is 0 Å². The van der Waals surface area contributed by atoms with Crippen molar-refractivity contribution in [3.63, 3.8) is 0 Å². The predicted octanol–water partition coefficient (Wildman–Crippen LogP) is 2.07. The Morgan fingerprint density at radius 3 is 2.58 bits per heavy atom. The first-order valence-electron chi connectivity index (χ1n) is 6.97. The standard InChI is InChI=1S/C15H20O4/c16-14-10-17-9-13(14)11-4-6-12(7-5-11)19-15-3-1-2-8-18-15/h4-7,13-16H,1-3,8-10H2/t13-,14+,15?/m0/s1. The highest BCUT2D eigenvalue weighted by Gasteiger charge is 2.27. The van der Waals surface area contributed by atoms with Gasteiger partial charge in [-0.15, -0.1) is 0 Å². The van der Waals surface area contributed by atoms with Gasteiger partial charge in [-0.3, -0.25) is 0 Å². The molecule has 3 rings (SSSR count). The molecule has 0 aliphatic carbocycles. The lowest BCUT2D eigenvalue weighted by atomic mass is 9.96. The Bertz CT molecular complexity index is 397. The third-order valence-corrected chi connectivity index (χ3v) is 3.76. The summed E-state index contributed by atoms with van der Waals surface area (Å²) in [4.78, 5) is 0. The largest absolute Gasteiger partial charge is 0.465 e. The minimum atomic E-state index is -0.395. The fourth-order valence-electron chi connectivity index (χ4n) is 2.61. The summed E-state index contributed by atoms with van der Waals surface area (Å²) in [5, 5.41) is 9.80. The average Bonchev–Trinajstić information content (AvgIpc) is 2.87. The van der Waals surface area contributed by atoms with Gasteiger partial charge in [-0.05, 0) is 30.5 Å². The zero-order valence-corrected chi connectivity index (χ0v) is 11.0. The van der Waals surface area contributed by atoms with Crippen molar-refractivity contribution in [1.29, 1.82) is 0 Å². The van der Waals surface area contributed by atoms with E-state index in [4.69, 9.17) is 14.2 Å². The van der Waals surface area contributed by atoms with Gasteiger partial charge >= 0.3 is 0 Å². The molecule has 1 aromatic rings. The Hall–Kier alpha value is -1.10. The first-order chi connectivity index (χ1) is 9.33. The molecular weight excluding hydrogens is 244 g/mol. The SMILES string of the molecule is O[C@@H]1COC[C@H]1c1ccc(OC2CCCCO2)cc1. The predicted molar refractivity (Wildman–Crippen MR) is 70.2 cm³/mol. The van der Waals surface area contributed by atoms with Crippen LogP contribution in [0.1, 0.15) is 30.7 Å². The molecule has 104 valence electrons. The smallest absolute Gasteiger partial charge is 0.199 e. The van der Waals surface area contributed by atoms with Crippen molar-refractivity contribution in [2.24, 2.45) is 0 Å². The quantitative estimate of drug-likeness (QED) is 0.908. The number of aliphatic hydroxyl groups excluding tert-OH is 1. The second kappa shape index (κ2) is 5.90. The molecule has 19 heavy (non-hydrogen) atoms. The molecule has 1 N–H and O–H groups in total. The highest BCUT2D eigenvalue weighted by atomic mass is 16.7. The third kappa shape index (κ3) is 3.08. The molecule has 2 aliphatic rings. The van der Waals surface area contributed by atoms with Crippen molar-refractivity contribution < 1.29 is 19.3 Å². The van der Waals surface area contributed by atoms with Crippen molar-refractivity contribution in [3.05, 3.63) is 29.8 Å². The van der Waals surface area contributed by atoms with Crippen LogP contribution in [0.15, 0.2) is 24.3 Å². The molecule has 2 saturated heterocycles. The molecule has 0 spiro atoms. The highest BCUT2D eigenvalue weighted by Crippen LogP contribution is 2.28. The molecule has 2 fully saturated rings. The molecule has 2 heterocycles. The van der Waals surface area contributed by atoms with Crippen LogP contribution in [0.2, 0.25) is 0 Å². The van der Waals surface area contributed by atoms with Crippen molar-refractivity contribution >= 4 is 0 Å². The van der Waals surface area contributed by atoms with Crippen LogP contribution in [0.5, 0.6) is 5.75 Å². The zero-order chi connectivity index (χ0) is 13.1. The van der Waals surface area contributed by atoms with Gasteiger partial charge in [-0.2, -0.15) is 0 Å². The van der Waals surface area contributed by atoms with Gasteiger partial charge < -0.3 is 19.3 Å². The van der Waals surface area contributed by atoms with Crippen LogP contribution in [0.3, 0.4) is 0 Å². The molecular formula is C15H20O4. The topological polar surface area (TPSA) is 47.9 Å². The molecule has 1 unspecified atom stereocenters. The summed E-state index contributed by atoms with van der Waals surface area (Å²) < 4.78 is 16.6. The lowest BCUT2D eigenvalue weighted by Crippen LogP contribution is -2.25. The molecule has 0 radical (unpaired) electrons. The molecule has 0 saturated carbocycles. The monoisotopic (exact) mass is 264 g/mol. The maximum atomic E-state index is 9.80. The Morgan fingerprint density at radius 1 is 1.11 bits per heavy atom. The van der Waals surface area contributed by atoms with Crippen LogP contribution < -0.4 is 4.74 Å². The fourth-order valence-corrected chi connectivity index (χ4v) is 2.61. The van der Waals surface area contributed by atoms with Gasteiger partial charge in [-0.25, -0.2) is 0 Å². The number of rotatable bonds is 3. The number of ether oxygens (including phenoxy) is 3. The Kier molecular flexibility index (Phi) is 4.01. The van der Waals surface area contributed by atoms with Crippen molar-refractivity contribution in [3.8, 4) is 5.75 Å². The molecule has 2 aliphatic heterocycles. The van der Waals surface area contributed by atoms with Crippen molar-refractivity contribution in [1.82, 2.24) is 0 Å². The van der Waals surface area contributed by atoms with Gasteiger partial charge in [0.15, 0.2) is 6.29 Å². The van der Waals surface area contributed by atoms with Crippen LogP contribution in [-0.2, 0) is 9.47 Å². The van der Waals surface area contributed by atoms with Crippen LogP contribution in [0.4, 0.5) is 0 Å². The second-order valence-corrected chi connectivity index (χ2v) is 5.19. The van der Waals surface area contributed by atoms with Crippen LogP contribution >= 0.6 is 0 Å². The molecule has 1 aromatic carbocycles. The zero-order valence-electron chi connectivity index (χ0n) is 11.0. The summed E-state index contributed by atoms with van der Waals surface area (Å²) in [6, 6.07) is 7.89. The molecule has 0 bridgehead atoms. The molecule has 4 heteroatoms. The summed E-state index contributed by atoms with van der Waals surface area (Å²) >= 11 is 0. The Labute approximate surface area is 113 Å². The van der Waals surface area contributed by atoms with Crippen LogP contribution in [0, 0.1) is 0 Å². The number of hydrogen-bond donors (Lipinski definition) is 1. The molecule has 0 amide bonds. The lowest BCUT2D eigenvalue weighted by molar-refractivity contribution is -0.105. The molecule has 3 atom stereocenters. The van der Waals surface area contributed by atoms with E-state index in [0.29, 0.717) is 13.2 Å². The third-order valence-electron chi connectivity index (χ3n) is 3.76. The van der Waals surface area contributed by atoms with Gasteiger partial charge in [-0.1, -0.05) is 12.1 Å². The van der Waals surface area contributed by atoms with Gasteiger partial charge in [0.05, 0.1) is 25.9 Å². The highest BCUT2D eigenvalue weighted by molar-refractivity contribution is 5.30. The van der Waals surface area contributed by atoms with Gasteiger partial charge in [0.1, 0.15) is 5.75 Å². The van der Waals surface area contributed by atoms with E-state index in [1.165, 1.54) is 0 Å². The molecule has 0 aromatic heterocycles. The normalized spacial score (nSPS) is 31.3. The Morgan fingerprint density at radius 2 is 1.95 bits per heavy atom. The summed E-state index contributed by atoms with van der Waals surface area (Å²) in [6.45, 7) is 1.81. The van der Waals surface area contributed by atoms with Gasteiger partial charge in [0.2, 0.25) is 0 Å². The van der Waals surface area contributed by atoms with Crippen molar-refractivity contribution in [2.75, 3.05) is 19.8 Å². The van der Waals surface area contributed by atoms with E-state index in [1.807, 2.05) is 24.3 Å². The van der Waals surface area contributed by atoms with E-state index in [-0.39, 0.29) is 12.2 Å². The lowest BCUT2D eigenvalue weighted by Gasteiger charge is -2.23. The minimum Gasteiger partial charge on any atom is -0.465 e. The maximum absolute atomic E-state index is 9.80. The number of benzene rings is 1. The summed E-state index contributed by atoms with van der Waals surface area (Å²) in [6.07, 6.45) is 2.73. The number of aliphatic hydroxyl groups is 1. The first-order valence-corrected chi connectivity index (χ1v) is 6.97. The summed E-state index contributed by atoms with van der Waals surface area (Å²) in [7, 11) is 0. The van der Waals surface area contributed by atoms with E-state index in [1.54, 1.807) is 0 Å². The maximum Gasteiger partial charge on any atom is 0.199 e. The number of hydrogen-bond acceptors (Lipinski definition) is 4. The average molecular weight is 264 g/mol. The summed E-state index contributed by atoms with van der Waals surface area (Å²) in [5.41, 5.74) is 1.10. The fraction of sp³-hybridized carbons (Fsp3) is 0.600. The second-order valence-electron chi connectivity index (χ2n) is 5.19. The molecule has 4 nitrogen and oxygen atoms in total. The van der Waals surface area contributed by atoms with E-state index in [2.05, 4.69) is 0 Å². The van der Waals surface area contributed by atoms with Crippen LogP contribution in [0.25, 0.3) is 0 Å². The van der Waals surface area contributed by atoms with Crippen LogP contribution in [-0.4, -0.2) is 37.3 Å². The van der Waals surface area contributed by atoms with E-state index in [0.717, 1.165) is 37.2 Å². The Balaban J connectivity index is 1.61. The summed E-state index contributed by atoms with van der Waals surface area (Å²) in [5.74, 6) is 0.907. The minimum absolute atomic E-state index is 0.0833. The van der Waals surface area contributed by atoms with E-state index in [9.17, 15) is 5.11 Å². The van der Waals surface area contributed by atoms with Crippen molar-refractivity contribution in [2.45, 2.75) is 37.6 Å². The van der Waals surface area contributed by atoms with Gasteiger partial charge in [0, 0.05) is 12.3 Å². The van der Waals surface area contributed by atoms with E-state index < -0.39 is 6.10 Å². The van der Waals surface area contributed by atoms with Gasteiger partial charge in [0.25, 0.3) is 0 Å². The first kappa shape index (κ1) is 12.9.